The van der Waals surface area contributed by atoms with Gasteiger partial charge in [0, 0.05) is 13.1 Å². The van der Waals surface area contributed by atoms with Gasteiger partial charge in [0.05, 0.1) is 0 Å². The van der Waals surface area contributed by atoms with E-state index in [0.717, 1.165) is 19.5 Å². The molecular formula is C15H30N2O2. The molecule has 1 heterocycles. The van der Waals surface area contributed by atoms with Crippen molar-refractivity contribution in [3.05, 3.63) is 0 Å². The number of amides is 1. The summed E-state index contributed by atoms with van der Waals surface area (Å²) in [6.45, 7) is 14.6. The SMILES string of the molecule is CC1CN(C(=O)OC(C)(C)C)CC(C)(C)C1CCN. The van der Waals surface area contributed by atoms with Crippen LogP contribution in [0.15, 0.2) is 0 Å². The van der Waals surface area contributed by atoms with E-state index in [4.69, 9.17) is 10.5 Å². The maximum absolute atomic E-state index is 12.2. The van der Waals surface area contributed by atoms with Gasteiger partial charge in [-0.25, -0.2) is 4.79 Å². The van der Waals surface area contributed by atoms with Crippen LogP contribution in [0.2, 0.25) is 0 Å². The molecule has 2 N–H and O–H groups in total. The van der Waals surface area contributed by atoms with Crippen molar-refractivity contribution < 1.29 is 9.53 Å². The first kappa shape index (κ1) is 16.3. The molecule has 4 nitrogen and oxygen atoms in total. The Kier molecular flexibility index (Phi) is 4.88. The highest BCUT2D eigenvalue weighted by Crippen LogP contribution is 2.40. The number of carbonyl (C=O) groups excluding carboxylic acids is 1. The fraction of sp³-hybridized carbons (Fsp3) is 0.933. The Morgan fingerprint density at radius 3 is 2.42 bits per heavy atom. The molecule has 0 bridgehead atoms. The van der Waals surface area contributed by atoms with E-state index in [2.05, 4.69) is 20.8 Å². The number of hydrogen-bond acceptors (Lipinski definition) is 3. The van der Waals surface area contributed by atoms with Crippen LogP contribution >= 0.6 is 0 Å². The van der Waals surface area contributed by atoms with Crippen LogP contribution in [-0.4, -0.2) is 36.2 Å². The first-order valence-corrected chi connectivity index (χ1v) is 7.25. The predicted molar refractivity (Wildman–Crippen MR) is 77.9 cm³/mol. The van der Waals surface area contributed by atoms with Crippen molar-refractivity contribution in [1.29, 1.82) is 0 Å². The zero-order valence-electron chi connectivity index (χ0n) is 13.3. The van der Waals surface area contributed by atoms with E-state index in [9.17, 15) is 4.79 Å². The summed E-state index contributed by atoms with van der Waals surface area (Å²) in [4.78, 5) is 14.0. The molecule has 1 fully saturated rings. The molecule has 0 aromatic heterocycles. The van der Waals surface area contributed by atoms with E-state index in [0.29, 0.717) is 18.4 Å². The van der Waals surface area contributed by atoms with Crippen LogP contribution < -0.4 is 5.73 Å². The lowest BCUT2D eigenvalue weighted by molar-refractivity contribution is -0.0227. The van der Waals surface area contributed by atoms with E-state index < -0.39 is 5.60 Å². The number of ether oxygens (including phenoxy) is 1. The van der Waals surface area contributed by atoms with Crippen molar-refractivity contribution in [2.24, 2.45) is 23.0 Å². The molecule has 1 aliphatic rings. The summed E-state index contributed by atoms with van der Waals surface area (Å²) in [7, 11) is 0. The number of nitrogens with two attached hydrogens (primary N) is 1. The highest BCUT2D eigenvalue weighted by Gasteiger charge is 2.42. The topological polar surface area (TPSA) is 55.6 Å². The van der Waals surface area contributed by atoms with E-state index in [1.165, 1.54) is 0 Å². The summed E-state index contributed by atoms with van der Waals surface area (Å²) < 4.78 is 5.48. The average Bonchev–Trinajstić information content (AvgIpc) is 2.20. The number of piperidine rings is 1. The Hall–Kier alpha value is -0.770. The van der Waals surface area contributed by atoms with Crippen LogP contribution in [0.1, 0.15) is 48.0 Å². The summed E-state index contributed by atoms with van der Waals surface area (Å²) in [5.41, 5.74) is 5.37. The Morgan fingerprint density at radius 1 is 1.42 bits per heavy atom. The van der Waals surface area contributed by atoms with Gasteiger partial charge in [-0.15, -0.1) is 0 Å². The molecule has 0 aromatic carbocycles. The predicted octanol–water partition coefficient (Wildman–Crippen LogP) is 2.86. The molecule has 1 amide bonds. The van der Waals surface area contributed by atoms with Crippen molar-refractivity contribution in [3.63, 3.8) is 0 Å². The van der Waals surface area contributed by atoms with Gasteiger partial charge in [0.1, 0.15) is 5.60 Å². The van der Waals surface area contributed by atoms with E-state index in [1.807, 2.05) is 25.7 Å². The summed E-state index contributed by atoms with van der Waals surface area (Å²) in [6.07, 6.45) is 0.828. The van der Waals surface area contributed by atoms with Gasteiger partial charge < -0.3 is 15.4 Å². The summed E-state index contributed by atoms with van der Waals surface area (Å²) >= 11 is 0. The van der Waals surface area contributed by atoms with Gasteiger partial charge in [-0.3, -0.25) is 0 Å². The third-order valence-corrected chi connectivity index (χ3v) is 3.93. The molecule has 0 aliphatic carbocycles. The van der Waals surface area contributed by atoms with E-state index in [-0.39, 0.29) is 11.5 Å². The third-order valence-electron chi connectivity index (χ3n) is 3.93. The van der Waals surface area contributed by atoms with Gasteiger partial charge in [0.2, 0.25) is 0 Å². The Labute approximate surface area is 117 Å². The van der Waals surface area contributed by atoms with Gasteiger partial charge in [-0.05, 0) is 51.0 Å². The number of nitrogens with zero attached hydrogens (tertiary/aromatic N) is 1. The van der Waals surface area contributed by atoms with Crippen molar-refractivity contribution in [2.45, 2.75) is 53.6 Å². The van der Waals surface area contributed by atoms with Crippen molar-refractivity contribution in [3.8, 4) is 0 Å². The Morgan fingerprint density at radius 2 is 2.00 bits per heavy atom. The molecule has 2 atom stereocenters. The van der Waals surface area contributed by atoms with E-state index in [1.54, 1.807) is 0 Å². The summed E-state index contributed by atoms with van der Waals surface area (Å²) in [5, 5.41) is 0. The molecular weight excluding hydrogens is 240 g/mol. The molecule has 1 aliphatic heterocycles. The molecule has 0 saturated carbocycles. The first-order valence-electron chi connectivity index (χ1n) is 7.25. The molecule has 112 valence electrons. The minimum absolute atomic E-state index is 0.0912. The normalized spacial score (nSPS) is 27.2. The summed E-state index contributed by atoms with van der Waals surface area (Å²) in [6, 6.07) is 0. The summed E-state index contributed by atoms with van der Waals surface area (Å²) in [5.74, 6) is 1.02. The monoisotopic (exact) mass is 270 g/mol. The second-order valence-electron chi connectivity index (χ2n) is 7.51. The van der Waals surface area contributed by atoms with Crippen molar-refractivity contribution >= 4 is 6.09 Å². The minimum atomic E-state index is -0.432. The maximum Gasteiger partial charge on any atom is 0.410 e. The van der Waals surface area contributed by atoms with Gasteiger partial charge in [0.25, 0.3) is 0 Å². The second kappa shape index (κ2) is 5.70. The van der Waals surface area contributed by atoms with E-state index >= 15 is 0 Å². The van der Waals surface area contributed by atoms with Crippen LogP contribution in [0.3, 0.4) is 0 Å². The van der Waals surface area contributed by atoms with Crippen molar-refractivity contribution in [2.75, 3.05) is 19.6 Å². The molecule has 2 unspecified atom stereocenters. The van der Waals surface area contributed by atoms with Crippen LogP contribution in [0.5, 0.6) is 0 Å². The number of carbonyl (C=O) groups is 1. The minimum Gasteiger partial charge on any atom is -0.444 e. The zero-order chi connectivity index (χ0) is 14.8. The standard InChI is InChI=1S/C15H30N2O2/c1-11-9-17(13(18)19-14(2,3)4)10-15(5,6)12(11)7-8-16/h11-12H,7-10,16H2,1-6H3. The van der Waals surface area contributed by atoms with Gasteiger partial charge in [-0.1, -0.05) is 20.8 Å². The van der Waals surface area contributed by atoms with Crippen LogP contribution in [0, 0.1) is 17.3 Å². The fourth-order valence-corrected chi connectivity index (χ4v) is 3.24. The quantitative estimate of drug-likeness (QED) is 0.839. The van der Waals surface area contributed by atoms with Gasteiger partial charge >= 0.3 is 6.09 Å². The molecule has 0 radical (unpaired) electrons. The zero-order valence-corrected chi connectivity index (χ0v) is 13.3. The fourth-order valence-electron chi connectivity index (χ4n) is 3.24. The largest absolute Gasteiger partial charge is 0.444 e. The lowest BCUT2D eigenvalue weighted by atomic mass is 9.67. The molecule has 4 heteroatoms. The average molecular weight is 270 g/mol. The molecule has 0 aromatic rings. The number of rotatable bonds is 2. The number of likely N-dealkylation sites (tertiary alicyclic amines) is 1. The van der Waals surface area contributed by atoms with Crippen LogP contribution in [0.4, 0.5) is 4.79 Å². The highest BCUT2D eigenvalue weighted by molar-refractivity contribution is 5.68. The molecule has 0 spiro atoms. The van der Waals surface area contributed by atoms with Crippen molar-refractivity contribution in [1.82, 2.24) is 4.90 Å². The van der Waals surface area contributed by atoms with Gasteiger partial charge in [0.15, 0.2) is 0 Å². The van der Waals surface area contributed by atoms with Crippen LogP contribution in [-0.2, 0) is 4.74 Å². The molecule has 1 rings (SSSR count). The Bertz CT molecular complexity index is 321. The first-order chi connectivity index (χ1) is 8.57. The highest BCUT2D eigenvalue weighted by atomic mass is 16.6. The Balaban J connectivity index is 2.74. The molecule has 19 heavy (non-hydrogen) atoms. The smallest absolute Gasteiger partial charge is 0.410 e. The van der Waals surface area contributed by atoms with Gasteiger partial charge in [-0.2, -0.15) is 0 Å². The lowest BCUT2D eigenvalue weighted by Crippen LogP contribution is -2.53. The molecule has 1 saturated heterocycles. The maximum atomic E-state index is 12.2. The second-order valence-corrected chi connectivity index (χ2v) is 7.51. The lowest BCUT2D eigenvalue weighted by Gasteiger charge is -2.48. The number of hydrogen-bond donors (Lipinski definition) is 1. The third kappa shape index (κ3) is 4.37. The van der Waals surface area contributed by atoms with Crippen LogP contribution in [0.25, 0.3) is 0 Å².